The monoisotopic (exact) mass is 387 g/mol. The fourth-order valence-corrected chi connectivity index (χ4v) is 3.65. The molecule has 2 aromatic heterocycles. The second kappa shape index (κ2) is 8.39. The SMILES string of the molecule is CC(C)C(=O)N1CCC[C@@H]1c1nc(Nc2ccccc2)cc(-c2ccncc2)n1. The molecule has 1 amide bonds. The molecule has 1 aliphatic rings. The van der Waals surface area contributed by atoms with Crippen LogP contribution in [0.15, 0.2) is 60.9 Å². The zero-order valence-electron chi connectivity index (χ0n) is 16.7. The van der Waals surface area contributed by atoms with E-state index in [-0.39, 0.29) is 17.9 Å². The van der Waals surface area contributed by atoms with Gasteiger partial charge in [-0.15, -0.1) is 0 Å². The molecule has 3 heterocycles. The van der Waals surface area contributed by atoms with Crippen molar-refractivity contribution in [1.82, 2.24) is 19.9 Å². The van der Waals surface area contributed by atoms with Crippen molar-refractivity contribution in [3.8, 4) is 11.3 Å². The predicted octanol–water partition coefficient (Wildman–Crippen LogP) is 4.60. The van der Waals surface area contributed by atoms with Gasteiger partial charge in [0.2, 0.25) is 5.91 Å². The number of amides is 1. The molecule has 1 aromatic carbocycles. The number of nitrogens with zero attached hydrogens (tertiary/aromatic N) is 4. The summed E-state index contributed by atoms with van der Waals surface area (Å²) in [7, 11) is 0. The van der Waals surface area contributed by atoms with Gasteiger partial charge in [0.05, 0.1) is 11.7 Å². The van der Waals surface area contributed by atoms with Crippen LogP contribution in [-0.4, -0.2) is 32.3 Å². The Morgan fingerprint density at radius 1 is 1.10 bits per heavy atom. The largest absolute Gasteiger partial charge is 0.340 e. The van der Waals surface area contributed by atoms with Gasteiger partial charge in [0.1, 0.15) is 5.82 Å². The lowest BCUT2D eigenvalue weighted by molar-refractivity contribution is -0.135. The van der Waals surface area contributed by atoms with E-state index in [0.717, 1.165) is 42.1 Å². The third kappa shape index (κ3) is 4.26. The summed E-state index contributed by atoms with van der Waals surface area (Å²) < 4.78 is 0. The number of rotatable bonds is 5. The van der Waals surface area contributed by atoms with Crippen LogP contribution >= 0.6 is 0 Å². The maximum absolute atomic E-state index is 12.7. The first-order chi connectivity index (χ1) is 14.1. The molecule has 6 nitrogen and oxygen atoms in total. The molecule has 0 saturated carbocycles. The molecule has 1 aliphatic heterocycles. The maximum atomic E-state index is 12.7. The molecule has 29 heavy (non-hydrogen) atoms. The molecule has 6 heteroatoms. The number of para-hydroxylation sites is 1. The van der Waals surface area contributed by atoms with Crippen LogP contribution in [0.3, 0.4) is 0 Å². The van der Waals surface area contributed by atoms with Crippen LogP contribution < -0.4 is 5.32 Å². The number of likely N-dealkylation sites (tertiary alicyclic amines) is 1. The Bertz CT molecular complexity index is 975. The van der Waals surface area contributed by atoms with Crippen LogP contribution in [0.4, 0.5) is 11.5 Å². The number of anilines is 2. The first-order valence-electron chi connectivity index (χ1n) is 10.0. The van der Waals surface area contributed by atoms with E-state index in [2.05, 4.69) is 10.3 Å². The number of hydrogen-bond acceptors (Lipinski definition) is 5. The van der Waals surface area contributed by atoms with Gasteiger partial charge < -0.3 is 10.2 Å². The molecule has 1 atom stereocenters. The molecule has 0 radical (unpaired) electrons. The van der Waals surface area contributed by atoms with Crippen LogP contribution in [0.1, 0.15) is 38.6 Å². The van der Waals surface area contributed by atoms with Crippen molar-refractivity contribution in [3.63, 3.8) is 0 Å². The highest BCUT2D eigenvalue weighted by molar-refractivity contribution is 5.79. The molecular formula is C23H25N5O. The Kier molecular flexibility index (Phi) is 5.51. The minimum absolute atomic E-state index is 0.0408. The molecule has 0 spiro atoms. The minimum atomic E-state index is -0.0944. The van der Waals surface area contributed by atoms with Gasteiger partial charge in [-0.3, -0.25) is 9.78 Å². The lowest BCUT2D eigenvalue weighted by Crippen LogP contribution is -2.34. The smallest absolute Gasteiger partial charge is 0.225 e. The standard InChI is InChI=1S/C23H25N5O/c1-16(2)23(29)28-14-6-9-20(28)22-26-19(17-10-12-24-13-11-17)15-21(27-22)25-18-7-4-3-5-8-18/h3-5,7-8,10-13,15-16,20H,6,9,14H2,1-2H3,(H,25,26,27)/t20-/m1/s1. The highest BCUT2D eigenvalue weighted by Gasteiger charge is 2.33. The van der Waals surface area contributed by atoms with E-state index in [0.29, 0.717) is 5.82 Å². The molecule has 0 unspecified atom stereocenters. The lowest BCUT2D eigenvalue weighted by atomic mass is 10.1. The lowest BCUT2D eigenvalue weighted by Gasteiger charge is -2.26. The highest BCUT2D eigenvalue weighted by Crippen LogP contribution is 2.33. The normalized spacial score (nSPS) is 16.2. The molecule has 148 valence electrons. The number of nitrogens with one attached hydrogen (secondary N) is 1. The van der Waals surface area contributed by atoms with Gasteiger partial charge >= 0.3 is 0 Å². The van der Waals surface area contributed by atoms with Gasteiger partial charge in [0.15, 0.2) is 5.82 Å². The van der Waals surface area contributed by atoms with E-state index in [4.69, 9.17) is 9.97 Å². The fourth-order valence-electron chi connectivity index (χ4n) is 3.65. The Morgan fingerprint density at radius 2 is 1.86 bits per heavy atom. The molecule has 3 aromatic rings. The summed E-state index contributed by atoms with van der Waals surface area (Å²) >= 11 is 0. The molecule has 1 N–H and O–H groups in total. The molecule has 4 rings (SSSR count). The van der Waals surface area contributed by atoms with Crippen molar-refractivity contribution in [3.05, 3.63) is 66.7 Å². The molecule has 1 fully saturated rings. The Labute approximate surface area is 171 Å². The van der Waals surface area contributed by atoms with E-state index in [9.17, 15) is 4.79 Å². The first-order valence-corrected chi connectivity index (χ1v) is 10.0. The zero-order chi connectivity index (χ0) is 20.2. The number of carbonyl (C=O) groups is 1. The summed E-state index contributed by atoms with van der Waals surface area (Å²) in [5, 5.41) is 3.37. The summed E-state index contributed by atoms with van der Waals surface area (Å²) in [5.41, 5.74) is 2.75. The van der Waals surface area contributed by atoms with Crippen molar-refractivity contribution in [2.24, 2.45) is 5.92 Å². The highest BCUT2D eigenvalue weighted by atomic mass is 16.2. The van der Waals surface area contributed by atoms with Crippen molar-refractivity contribution < 1.29 is 4.79 Å². The van der Waals surface area contributed by atoms with Gasteiger partial charge in [-0.1, -0.05) is 32.0 Å². The maximum Gasteiger partial charge on any atom is 0.225 e. The van der Waals surface area contributed by atoms with Crippen LogP contribution in [0.25, 0.3) is 11.3 Å². The van der Waals surface area contributed by atoms with Crippen molar-refractivity contribution in [2.45, 2.75) is 32.7 Å². The summed E-state index contributed by atoms with van der Waals surface area (Å²) in [5.74, 6) is 1.52. The van der Waals surface area contributed by atoms with Gasteiger partial charge in [-0.05, 0) is 37.1 Å². The first kappa shape index (κ1) is 19.1. The van der Waals surface area contributed by atoms with Gasteiger partial charge in [0.25, 0.3) is 0 Å². The van der Waals surface area contributed by atoms with Crippen molar-refractivity contribution in [2.75, 3.05) is 11.9 Å². The number of hydrogen-bond donors (Lipinski definition) is 1. The van der Waals surface area contributed by atoms with Gasteiger partial charge in [-0.2, -0.15) is 0 Å². The van der Waals surface area contributed by atoms with Crippen molar-refractivity contribution in [1.29, 1.82) is 0 Å². The number of benzene rings is 1. The third-order valence-corrected chi connectivity index (χ3v) is 5.09. The van der Waals surface area contributed by atoms with Crippen LogP contribution in [0.2, 0.25) is 0 Å². The predicted molar refractivity (Wildman–Crippen MR) is 114 cm³/mol. The van der Waals surface area contributed by atoms with Gasteiger partial charge in [-0.25, -0.2) is 9.97 Å². The van der Waals surface area contributed by atoms with E-state index in [1.807, 2.05) is 67.3 Å². The number of aromatic nitrogens is 3. The Morgan fingerprint density at radius 3 is 2.59 bits per heavy atom. The number of pyridine rings is 1. The molecule has 0 aliphatic carbocycles. The topological polar surface area (TPSA) is 71.0 Å². The Balaban J connectivity index is 1.74. The van der Waals surface area contributed by atoms with E-state index < -0.39 is 0 Å². The van der Waals surface area contributed by atoms with E-state index in [1.165, 1.54) is 0 Å². The Hall–Kier alpha value is -3.28. The summed E-state index contributed by atoms with van der Waals surface area (Å²) in [6.07, 6.45) is 5.35. The molecular weight excluding hydrogens is 362 g/mol. The van der Waals surface area contributed by atoms with Crippen LogP contribution in [0, 0.1) is 5.92 Å². The quantitative estimate of drug-likeness (QED) is 0.693. The fraction of sp³-hybridized carbons (Fsp3) is 0.304. The van der Waals surface area contributed by atoms with E-state index >= 15 is 0 Å². The van der Waals surface area contributed by atoms with E-state index in [1.54, 1.807) is 12.4 Å². The average Bonchev–Trinajstić information content (AvgIpc) is 3.24. The summed E-state index contributed by atoms with van der Waals surface area (Å²) in [6, 6.07) is 15.7. The molecule has 0 bridgehead atoms. The van der Waals surface area contributed by atoms with Crippen molar-refractivity contribution >= 4 is 17.4 Å². The van der Waals surface area contributed by atoms with Crippen LogP contribution in [-0.2, 0) is 4.79 Å². The summed E-state index contributed by atoms with van der Waals surface area (Å²) in [4.78, 5) is 28.4. The van der Waals surface area contributed by atoms with Crippen LogP contribution in [0.5, 0.6) is 0 Å². The summed E-state index contributed by atoms with van der Waals surface area (Å²) in [6.45, 7) is 4.63. The molecule has 1 saturated heterocycles. The number of carbonyl (C=O) groups excluding carboxylic acids is 1. The third-order valence-electron chi connectivity index (χ3n) is 5.09. The average molecular weight is 387 g/mol. The second-order valence-corrected chi connectivity index (χ2v) is 7.57. The van der Waals surface area contributed by atoms with Gasteiger partial charge in [0, 0.05) is 42.2 Å². The second-order valence-electron chi connectivity index (χ2n) is 7.57. The zero-order valence-corrected chi connectivity index (χ0v) is 16.7. The minimum Gasteiger partial charge on any atom is -0.340 e.